The van der Waals surface area contributed by atoms with Gasteiger partial charge in [-0.1, -0.05) is 24.6 Å². The van der Waals surface area contributed by atoms with Gasteiger partial charge in [0, 0.05) is 6.04 Å². The highest BCUT2D eigenvalue weighted by Crippen LogP contribution is 2.22. The Balaban J connectivity index is 1.56. The molecule has 3 aromatic heterocycles. The van der Waals surface area contributed by atoms with E-state index in [4.69, 9.17) is 4.42 Å². The fraction of sp³-hybridized carbons (Fsp3) is 0.389. The highest BCUT2D eigenvalue weighted by atomic mass is 32.2. The predicted octanol–water partition coefficient (Wildman–Crippen LogP) is 3.25. The maximum absolute atomic E-state index is 12.8. The largest absolute Gasteiger partial charge is 0.467 e. The number of nitrogens with one attached hydrogen (secondary N) is 1. The summed E-state index contributed by atoms with van der Waals surface area (Å²) in [6.45, 7) is 0.305. The van der Waals surface area contributed by atoms with Crippen LogP contribution in [0.25, 0.3) is 10.2 Å². The van der Waals surface area contributed by atoms with Crippen LogP contribution in [0, 0.1) is 0 Å². The number of furan rings is 1. The van der Waals surface area contributed by atoms with Gasteiger partial charge in [-0.25, -0.2) is 4.98 Å². The van der Waals surface area contributed by atoms with Gasteiger partial charge >= 0.3 is 0 Å². The van der Waals surface area contributed by atoms with Gasteiger partial charge in [-0.3, -0.25) is 14.2 Å². The van der Waals surface area contributed by atoms with Gasteiger partial charge in [-0.15, -0.1) is 11.3 Å². The zero-order chi connectivity index (χ0) is 17.9. The third-order valence-corrected chi connectivity index (χ3v) is 6.35. The second-order valence-electron chi connectivity index (χ2n) is 6.34. The van der Waals surface area contributed by atoms with Crippen LogP contribution in [0.2, 0.25) is 0 Å². The zero-order valence-corrected chi connectivity index (χ0v) is 15.8. The maximum Gasteiger partial charge on any atom is 0.272 e. The van der Waals surface area contributed by atoms with Crippen molar-refractivity contribution >= 4 is 39.2 Å². The highest BCUT2D eigenvalue weighted by molar-refractivity contribution is 7.99. The minimum absolute atomic E-state index is 0.00823. The lowest BCUT2D eigenvalue weighted by Gasteiger charge is -2.13. The minimum atomic E-state index is -0.0971. The molecule has 0 spiro atoms. The monoisotopic (exact) mass is 389 g/mol. The van der Waals surface area contributed by atoms with E-state index in [1.165, 1.54) is 35.9 Å². The van der Waals surface area contributed by atoms with E-state index in [2.05, 4.69) is 10.3 Å². The summed E-state index contributed by atoms with van der Waals surface area (Å²) in [7, 11) is 0. The van der Waals surface area contributed by atoms with Crippen LogP contribution >= 0.6 is 23.1 Å². The van der Waals surface area contributed by atoms with E-state index >= 15 is 0 Å². The Kier molecular flexibility index (Phi) is 5.12. The van der Waals surface area contributed by atoms with Crippen LogP contribution in [0.5, 0.6) is 0 Å². The first kappa shape index (κ1) is 17.4. The molecule has 26 heavy (non-hydrogen) atoms. The summed E-state index contributed by atoms with van der Waals surface area (Å²) in [5, 5.41) is 5.47. The van der Waals surface area contributed by atoms with Gasteiger partial charge in [0.1, 0.15) is 10.5 Å². The Morgan fingerprint density at radius 3 is 3.00 bits per heavy atom. The van der Waals surface area contributed by atoms with Crippen molar-refractivity contribution in [1.82, 2.24) is 14.9 Å². The van der Waals surface area contributed by atoms with Crippen molar-refractivity contribution in [2.24, 2.45) is 0 Å². The van der Waals surface area contributed by atoms with Crippen LogP contribution in [0.15, 0.2) is 44.2 Å². The second kappa shape index (κ2) is 7.67. The quantitative estimate of drug-likeness (QED) is 0.517. The molecular weight excluding hydrogens is 370 g/mol. The molecule has 0 radical (unpaired) electrons. The molecule has 6 nitrogen and oxygen atoms in total. The molecule has 3 heterocycles. The summed E-state index contributed by atoms with van der Waals surface area (Å²) in [6, 6.07) is 5.74. The summed E-state index contributed by atoms with van der Waals surface area (Å²) in [4.78, 5) is 29.7. The van der Waals surface area contributed by atoms with Gasteiger partial charge in [0.15, 0.2) is 5.16 Å². The van der Waals surface area contributed by atoms with Crippen molar-refractivity contribution in [2.45, 2.75) is 43.4 Å². The van der Waals surface area contributed by atoms with E-state index in [0.717, 1.165) is 12.8 Å². The number of nitrogens with zero attached hydrogens (tertiary/aromatic N) is 2. The van der Waals surface area contributed by atoms with Gasteiger partial charge in [0.25, 0.3) is 5.56 Å². The van der Waals surface area contributed by atoms with E-state index in [9.17, 15) is 9.59 Å². The molecule has 1 aliphatic rings. The third kappa shape index (κ3) is 3.71. The first-order valence-corrected chi connectivity index (χ1v) is 10.5. The molecule has 0 aromatic carbocycles. The predicted molar refractivity (Wildman–Crippen MR) is 103 cm³/mol. The topological polar surface area (TPSA) is 77.1 Å². The number of rotatable bonds is 6. The zero-order valence-electron chi connectivity index (χ0n) is 14.1. The number of thioether (sulfide) groups is 1. The molecule has 136 valence electrons. The van der Waals surface area contributed by atoms with E-state index in [1.54, 1.807) is 16.9 Å². The number of fused-ring (bicyclic) bond motifs is 1. The van der Waals surface area contributed by atoms with Crippen LogP contribution in [0.4, 0.5) is 0 Å². The van der Waals surface area contributed by atoms with Gasteiger partial charge < -0.3 is 9.73 Å². The Morgan fingerprint density at radius 1 is 1.38 bits per heavy atom. The van der Waals surface area contributed by atoms with Crippen LogP contribution in [0.1, 0.15) is 31.4 Å². The van der Waals surface area contributed by atoms with Crippen molar-refractivity contribution < 1.29 is 9.21 Å². The maximum atomic E-state index is 12.8. The molecule has 1 saturated carbocycles. The molecule has 1 aliphatic carbocycles. The fourth-order valence-corrected chi connectivity index (χ4v) is 4.79. The number of carbonyl (C=O) groups is 1. The van der Waals surface area contributed by atoms with Crippen LogP contribution in [-0.2, 0) is 11.3 Å². The Morgan fingerprint density at radius 2 is 2.23 bits per heavy atom. The molecule has 0 bridgehead atoms. The van der Waals surface area contributed by atoms with Crippen molar-refractivity contribution in [2.75, 3.05) is 5.75 Å². The smallest absolute Gasteiger partial charge is 0.272 e. The van der Waals surface area contributed by atoms with Gasteiger partial charge in [-0.2, -0.15) is 0 Å². The van der Waals surface area contributed by atoms with Crippen molar-refractivity contribution in [3.8, 4) is 0 Å². The average molecular weight is 390 g/mol. The molecule has 1 fully saturated rings. The molecule has 0 unspecified atom stereocenters. The van der Waals surface area contributed by atoms with Crippen molar-refractivity contribution in [3.05, 3.63) is 46.0 Å². The van der Waals surface area contributed by atoms with Crippen molar-refractivity contribution in [1.29, 1.82) is 0 Å². The van der Waals surface area contributed by atoms with Gasteiger partial charge in [0.05, 0.1) is 24.1 Å². The van der Waals surface area contributed by atoms with Crippen LogP contribution < -0.4 is 10.9 Å². The molecule has 4 rings (SSSR count). The first-order chi connectivity index (χ1) is 12.7. The van der Waals surface area contributed by atoms with Gasteiger partial charge in [-0.05, 0) is 36.4 Å². The average Bonchev–Trinajstić information content (AvgIpc) is 3.37. The summed E-state index contributed by atoms with van der Waals surface area (Å²) in [5.74, 6) is 0.921. The number of thiophene rings is 1. The third-order valence-electron chi connectivity index (χ3n) is 4.48. The molecule has 8 heteroatoms. The van der Waals surface area contributed by atoms with E-state index in [-0.39, 0.29) is 17.2 Å². The van der Waals surface area contributed by atoms with Crippen LogP contribution in [-0.4, -0.2) is 27.3 Å². The van der Waals surface area contributed by atoms with Crippen molar-refractivity contribution in [3.63, 3.8) is 0 Å². The SMILES string of the molecule is O=C(CSc1nc2ccsc2c(=O)n1Cc1ccco1)NC1CCCC1. The van der Waals surface area contributed by atoms with E-state index in [1.807, 2.05) is 17.5 Å². The van der Waals surface area contributed by atoms with E-state index < -0.39 is 0 Å². The Bertz CT molecular complexity index is 956. The summed E-state index contributed by atoms with van der Waals surface area (Å²) < 4.78 is 7.59. The minimum Gasteiger partial charge on any atom is -0.467 e. The molecular formula is C18H19N3O3S2. The van der Waals surface area contributed by atoms with Crippen LogP contribution in [0.3, 0.4) is 0 Å². The number of hydrogen-bond acceptors (Lipinski definition) is 6. The number of amides is 1. The molecule has 0 atom stereocenters. The second-order valence-corrected chi connectivity index (χ2v) is 8.20. The Labute approximate surface area is 158 Å². The molecule has 3 aromatic rings. The number of carbonyl (C=O) groups excluding carboxylic acids is 1. The normalized spacial score (nSPS) is 14.9. The standard InChI is InChI=1S/C18H19N3O3S2/c22-15(19-12-4-1-2-5-12)11-26-18-20-14-7-9-25-16(14)17(23)21(18)10-13-6-3-8-24-13/h3,6-9,12H,1-2,4-5,10-11H2,(H,19,22). The van der Waals surface area contributed by atoms with Gasteiger partial charge in [0.2, 0.25) is 5.91 Å². The number of aromatic nitrogens is 2. The molecule has 0 saturated heterocycles. The van der Waals surface area contributed by atoms with E-state index in [0.29, 0.717) is 33.7 Å². The summed E-state index contributed by atoms with van der Waals surface area (Å²) in [5.41, 5.74) is 0.578. The number of hydrogen-bond donors (Lipinski definition) is 1. The lowest BCUT2D eigenvalue weighted by molar-refractivity contribution is -0.119. The lowest BCUT2D eigenvalue weighted by Crippen LogP contribution is -2.34. The molecule has 0 aliphatic heterocycles. The Hall–Kier alpha value is -2.06. The summed E-state index contributed by atoms with van der Waals surface area (Å²) >= 11 is 2.68. The highest BCUT2D eigenvalue weighted by Gasteiger charge is 2.19. The first-order valence-electron chi connectivity index (χ1n) is 8.63. The lowest BCUT2D eigenvalue weighted by atomic mass is 10.2. The summed E-state index contributed by atoms with van der Waals surface area (Å²) in [6.07, 6.45) is 6.05. The molecule has 1 N–H and O–H groups in total. The molecule has 1 amide bonds. The fourth-order valence-electron chi connectivity index (χ4n) is 3.20.